The number of hydrogen-bond donors (Lipinski definition) is 0. The van der Waals surface area contributed by atoms with Gasteiger partial charge in [-0.25, -0.2) is 0 Å². The van der Waals surface area contributed by atoms with Crippen LogP contribution in [0.1, 0.15) is 25.2 Å². The third kappa shape index (κ3) is 3.99. The van der Waals surface area contributed by atoms with Gasteiger partial charge in [0.2, 0.25) is 0 Å². The minimum absolute atomic E-state index is 0.312. The van der Waals surface area contributed by atoms with E-state index in [9.17, 15) is 0 Å². The molecule has 0 radical (unpaired) electrons. The van der Waals surface area contributed by atoms with Gasteiger partial charge in [-0.15, -0.1) is 0 Å². The number of aryl methyl sites for hydroxylation is 1. The quantitative estimate of drug-likeness (QED) is 0.765. The van der Waals surface area contributed by atoms with E-state index in [2.05, 4.69) is 41.7 Å². The van der Waals surface area contributed by atoms with Crippen LogP contribution in [0.25, 0.3) is 0 Å². The molecule has 0 aliphatic heterocycles. The van der Waals surface area contributed by atoms with E-state index in [4.69, 9.17) is 4.42 Å². The van der Waals surface area contributed by atoms with Crippen molar-refractivity contribution >= 4 is 15.9 Å². The van der Waals surface area contributed by atoms with Gasteiger partial charge < -0.3 is 9.32 Å². The first-order valence-electron chi connectivity index (χ1n) is 5.22. The molecule has 0 aliphatic rings. The Labute approximate surface area is 101 Å². The van der Waals surface area contributed by atoms with Crippen molar-refractivity contribution in [2.45, 2.75) is 27.3 Å². The number of nitrogens with zero attached hydrogens (tertiary/aromatic N) is 1. The van der Waals surface area contributed by atoms with Gasteiger partial charge in [-0.1, -0.05) is 29.8 Å². The first-order chi connectivity index (χ1) is 6.94. The van der Waals surface area contributed by atoms with Crippen molar-refractivity contribution in [3.05, 3.63) is 23.7 Å². The van der Waals surface area contributed by atoms with E-state index in [1.807, 2.05) is 13.0 Å². The first-order valence-corrected chi connectivity index (χ1v) is 6.34. The van der Waals surface area contributed by atoms with Gasteiger partial charge in [-0.2, -0.15) is 0 Å². The molecule has 15 heavy (non-hydrogen) atoms. The lowest BCUT2D eigenvalue weighted by molar-refractivity contribution is 0.225. The van der Waals surface area contributed by atoms with Crippen molar-refractivity contribution < 1.29 is 4.42 Å². The van der Waals surface area contributed by atoms with Gasteiger partial charge in [0.25, 0.3) is 0 Å². The molecule has 0 N–H and O–H groups in total. The summed E-state index contributed by atoms with van der Waals surface area (Å²) in [5.74, 6) is 1.03. The van der Waals surface area contributed by atoms with Gasteiger partial charge in [-0.3, -0.25) is 0 Å². The Bertz CT molecular complexity index is 306. The molecule has 0 saturated heterocycles. The molecule has 0 saturated carbocycles. The molecule has 0 atom stereocenters. The summed E-state index contributed by atoms with van der Waals surface area (Å²) in [5, 5.41) is 1.02. The highest BCUT2D eigenvalue weighted by Gasteiger charge is 2.19. The SMILES string of the molecule is Cc1occc1CN(C)CC(C)(C)CBr. The number of rotatable bonds is 5. The van der Waals surface area contributed by atoms with Crippen LogP contribution in [0.2, 0.25) is 0 Å². The largest absolute Gasteiger partial charge is 0.469 e. The van der Waals surface area contributed by atoms with Crippen LogP contribution in [0.3, 0.4) is 0 Å². The Hall–Kier alpha value is -0.280. The lowest BCUT2D eigenvalue weighted by atomic mass is 9.96. The highest BCUT2D eigenvalue weighted by molar-refractivity contribution is 9.09. The molecule has 2 nitrogen and oxygen atoms in total. The molecule has 1 aromatic heterocycles. The number of halogens is 1. The van der Waals surface area contributed by atoms with Crippen LogP contribution < -0.4 is 0 Å². The fourth-order valence-electron chi connectivity index (χ4n) is 1.69. The van der Waals surface area contributed by atoms with Crippen LogP contribution >= 0.6 is 15.9 Å². The molecule has 0 bridgehead atoms. The smallest absolute Gasteiger partial charge is 0.105 e. The normalized spacial score (nSPS) is 12.4. The zero-order chi connectivity index (χ0) is 11.5. The summed E-state index contributed by atoms with van der Waals surface area (Å²) in [6.07, 6.45) is 1.76. The lowest BCUT2D eigenvalue weighted by Gasteiger charge is -2.28. The van der Waals surface area contributed by atoms with E-state index in [1.165, 1.54) is 5.56 Å². The molecule has 0 unspecified atom stereocenters. The van der Waals surface area contributed by atoms with Crippen molar-refractivity contribution in [3.8, 4) is 0 Å². The standard InChI is InChI=1S/C12H20BrNO/c1-10-11(5-6-15-10)7-14(4)9-12(2,3)8-13/h5-6H,7-9H2,1-4H3. The number of alkyl halides is 1. The molecule has 0 fully saturated rings. The van der Waals surface area contributed by atoms with Gasteiger partial charge in [0.1, 0.15) is 5.76 Å². The summed E-state index contributed by atoms with van der Waals surface area (Å²) in [6.45, 7) is 8.57. The monoisotopic (exact) mass is 273 g/mol. The first kappa shape index (κ1) is 12.8. The van der Waals surface area contributed by atoms with E-state index in [0.717, 1.165) is 24.2 Å². The molecule has 0 spiro atoms. The summed E-state index contributed by atoms with van der Waals surface area (Å²) in [7, 11) is 2.15. The average molecular weight is 274 g/mol. The Morgan fingerprint density at radius 1 is 1.47 bits per heavy atom. The van der Waals surface area contributed by atoms with Crippen LogP contribution in [0, 0.1) is 12.3 Å². The molecule has 1 aromatic rings. The molecule has 0 aliphatic carbocycles. The minimum Gasteiger partial charge on any atom is -0.469 e. The summed E-state index contributed by atoms with van der Waals surface area (Å²) >= 11 is 3.55. The molecule has 86 valence electrons. The third-order valence-electron chi connectivity index (χ3n) is 2.47. The second-order valence-corrected chi connectivity index (χ2v) is 5.53. The minimum atomic E-state index is 0.312. The highest BCUT2D eigenvalue weighted by Crippen LogP contribution is 2.20. The van der Waals surface area contributed by atoms with E-state index in [0.29, 0.717) is 5.41 Å². The van der Waals surface area contributed by atoms with Gasteiger partial charge in [-0.05, 0) is 25.5 Å². The summed E-state index contributed by atoms with van der Waals surface area (Å²) in [5.41, 5.74) is 1.59. The maximum Gasteiger partial charge on any atom is 0.105 e. The van der Waals surface area contributed by atoms with Crippen LogP contribution in [-0.4, -0.2) is 23.8 Å². The van der Waals surface area contributed by atoms with Gasteiger partial charge in [0.15, 0.2) is 0 Å². The number of hydrogen-bond acceptors (Lipinski definition) is 2. The number of furan rings is 1. The van der Waals surface area contributed by atoms with Crippen molar-refractivity contribution in [2.24, 2.45) is 5.41 Å². The molecule has 0 amide bonds. The molecular formula is C12H20BrNO. The molecule has 0 aromatic carbocycles. The Morgan fingerprint density at radius 3 is 2.60 bits per heavy atom. The Balaban J connectivity index is 2.50. The van der Waals surface area contributed by atoms with Crippen LogP contribution in [0.4, 0.5) is 0 Å². The zero-order valence-corrected chi connectivity index (χ0v) is 11.6. The molecule has 1 rings (SSSR count). The van der Waals surface area contributed by atoms with Crippen LogP contribution in [-0.2, 0) is 6.54 Å². The van der Waals surface area contributed by atoms with E-state index in [-0.39, 0.29) is 0 Å². The predicted octanol–water partition coefficient (Wildman–Crippen LogP) is 3.44. The van der Waals surface area contributed by atoms with Crippen LogP contribution in [0.5, 0.6) is 0 Å². The second-order valence-electron chi connectivity index (χ2n) is 4.97. The van der Waals surface area contributed by atoms with Gasteiger partial charge in [0.05, 0.1) is 6.26 Å². The van der Waals surface area contributed by atoms with Crippen molar-refractivity contribution in [1.29, 1.82) is 0 Å². The second kappa shape index (κ2) is 5.17. The topological polar surface area (TPSA) is 16.4 Å². The zero-order valence-electron chi connectivity index (χ0n) is 10.0. The summed E-state index contributed by atoms with van der Waals surface area (Å²) in [4.78, 5) is 2.33. The fraction of sp³-hybridized carbons (Fsp3) is 0.667. The lowest BCUT2D eigenvalue weighted by Crippen LogP contribution is -2.32. The van der Waals surface area contributed by atoms with Gasteiger partial charge >= 0.3 is 0 Å². The van der Waals surface area contributed by atoms with E-state index in [1.54, 1.807) is 6.26 Å². The molecule has 3 heteroatoms. The summed E-state index contributed by atoms with van der Waals surface area (Å²) < 4.78 is 5.29. The Kier molecular flexibility index (Phi) is 4.41. The predicted molar refractivity (Wildman–Crippen MR) is 67.4 cm³/mol. The Morgan fingerprint density at radius 2 is 2.13 bits per heavy atom. The van der Waals surface area contributed by atoms with Gasteiger partial charge in [0, 0.05) is 24.0 Å². The van der Waals surface area contributed by atoms with Crippen LogP contribution in [0.15, 0.2) is 16.7 Å². The molecule has 1 heterocycles. The van der Waals surface area contributed by atoms with Crippen molar-refractivity contribution in [2.75, 3.05) is 18.9 Å². The van der Waals surface area contributed by atoms with Crippen molar-refractivity contribution in [1.82, 2.24) is 4.90 Å². The third-order valence-corrected chi connectivity index (χ3v) is 3.98. The summed E-state index contributed by atoms with van der Waals surface area (Å²) in [6, 6.07) is 2.05. The maximum absolute atomic E-state index is 5.29. The fourth-order valence-corrected chi connectivity index (χ4v) is 1.87. The van der Waals surface area contributed by atoms with E-state index >= 15 is 0 Å². The average Bonchev–Trinajstić information content (AvgIpc) is 2.51. The highest BCUT2D eigenvalue weighted by atomic mass is 79.9. The van der Waals surface area contributed by atoms with E-state index < -0.39 is 0 Å². The molecular weight excluding hydrogens is 254 g/mol. The van der Waals surface area contributed by atoms with Crippen molar-refractivity contribution in [3.63, 3.8) is 0 Å². The maximum atomic E-state index is 5.29.